The van der Waals surface area contributed by atoms with Gasteiger partial charge >= 0.3 is 0 Å². The smallest absolute Gasteiger partial charge is 0.00724 e. The van der Waals surface area contributed by atoms with E-state index in [0.717, 1.165) is 23.8 Å². The highest BCUT2D eigenvalue weighted by Crippen LogP contribution is 2.54. The van der Waals surface area contributed by atoms with Crippen LogP contribution in [0.1, 0.15) is 71.6 Å². The molecule has 3 rings (SSSR count). The molecule has 18 heavy (non-hydrogen) atoms. The van der Waals surface area contributed by atoms with Crippen LogP contribution in [-0.2, 0) is 0 Å². The second-order valence-corrected chi connectivity index (χ2v) is 7.84. The number of nitrogens with one attached hydrogen (secondary N) is 1. The highest BCUT2D eigenvalue weighted by molar-refractivity contribution is 4.96. The molecule has 0 aromatic rings. The van der Waals surface area contributed by atoms with Gasteiger partial charge in [-0.3, -0.25) is 0 Å². The summed E-state index contributed by atoms with van der Waals surface area (Å²) in [6.07, 6.45) is 13.4. The first-order valence-electron chi connectivity index (χ1n) is 8.42. The van der Waals surface area contributed by atoms with E-state index < -0.39 is 0 Å². The fourth-order valence-corrected chi connectivity index (χ4v) is 5.29. The average molecular weight is 249 g/mol. The van der Waals surface area contributed by atoms with Crippen molar-refractivity contribution >= 4 is 0 Å². The fourth-order valence-electron chi connectivity index (χ4n) is 5.29. The van der Waals surface area contributed by atoms with Crippen molar-refractivity contribution in [1.82, 2.24) is 5.32 Å². The van der Waals surface area contributed by atoms with Crippen molar-refractivity contribution in [3.05, 3.63) is 0 Å². The Hall–Kier alpha value is -0.0400. The van der Waals surface area contributed by atoms with Gasteiger partial charge in [0, 0.05) is 6.04 Å². The molecule has 1 N–H and O–H groups in total. The molecule has 0 saturated heterocycles. The lowest BCUT2D eigenvalue weighted by Crippen LogP contribution is -2.29. The van der Waals surface area contributed by atoms with E-state index in [-0.39, 0.29) is 0 Å². The Morgan fingerprint density at radius 3 is 2.72 bits per heavy atom. The van der Waals surface area contributed by atoms with Gasteiger partial charge in [0.05, 0.1) is 0 Å². The summed E-state index contributed by atoms with van der Waals surface area (Å²) in [7, 11) is 0. The zero-order valence-electron chi connectivity index (χ0n) is 12.4. The molecule has 1 heteroatoms. The molecule has 1 nitrogen and oxygen atoms in total. The Bertz CT molecular complexity index is 287. The van der Waals surface area contributed by atoms with E-state index in [4.69, 9.17) is 0 Å². The lowest BCUT2D eigenvalue weighted by Gasteiger charge is -2.32. The van der Waals surface area contributed by atoms with E-state index in [1.54, 1.807) is 32.1 Å². The van der Waals surface area contributed by atoms with Gasteiger partial charge in [0.1, 0.15) is 0 Å². The molecule has 0 spiro atoms. The molecule has 3 aliphatic carbocycles. The Kier molecular flexibility index (Phi) is 3.71. The van der Waals surface area contributed by atoms with Gasteiger partial charge in [-0.1, -0.05) is 20.3 Å². The molecule has 5 atom stereocenters. The summed E-state index contributed by atoms with van der Waals surface area (Å²) in [5.74, 6) is 3.34. The van der Waals surface area contributed by atoms with E-state index in [1.165, 1.54) is 32.2 Å². The quantitative estimate of drug-likeness (QED) is 0.763. The summed E-state index contributed by atoms with van der Waals surface area (Å²) >= 11 is 0. The molecule has 3 saturated carbocycles. The van der Waals surface area contributed by atoms with Gasteiger partial charge in [0.15, 0.2) is 0 Å². The summed E-state index contributed by atoms with van der Waals surface area (Å²) in [4.78, 5) is 0. The SMILES string of the molecule is CCCNC1CCC(C)(CC2CC3CCC2C3)C1. The first-order valence-corrected chi connectivity index (χ1v) is 8.42. The van der Waals surface area contributed by atoms with Crippen molar-refractivity contribution in [1.29, 1.82) is 0 Å². The molecule has 3 aliphatic rings. The first kappa shape index (κ1) is 13.0. The topological polar surface area (TPSA) is 12.0 Å². The van der Waals surface area contributed by atoms with Crippen LogP contribution in [0.4, 0.5) is 0 Å². The van der Waals surface area contributed by atoms with Crippen LogP contribution >= 0.6 is 0 Å². The molecule has 0 aromatic heterocycles. The largest absolute Gasteiger partial charge is 0.314 e. The van der Waals surface area contributed by atoms with Gasteiger partial charge in [0.25, 0.3) is 0 Å². The third-order valence-corrected chi connectivity index (χ3v) is 6.16. The van der Waals surface area contributed by atoms with Crippen LogP contribution in [0.25, 0.3) is 0 Å². The zero-order valence-corrected chi connectivity index (χ0v) is 12.4. The molecule has 0 amide bonds. The van der Waals surface area contributed by atoms with Crippen LogP contribution in [0.3, 0.4) is 0 Å². The Morgan fingerprint density at radius 2 is 2.06 bits per heavy atom. The minimum atomic E-state index is 0.667. The van der Waals surface area contributed by atoms with Crippen molar-refractivity contribution in [2.75, 3.05) is 6.54 Å². The molecule has 104 valence electrons. The van der Waals surface area contributed by atoms with E-state index in [9.17, 15) is 0 Å². The molecule has 0 radical (unpaired) electrons. The van der Waals surface area contributed by atoms with Gasteiger partial charge in [-0.05, 0) is 81.1 Å². The van der Waals surface area contributed by atoms with E-state index in [2.05, 4.69) is 19.2 Å². The molecule has 3 fully saturated rings. The maximum atomic E-state index is 3.75. The Morgan fingerprint density at radius 1 is 1.17 bits per heavy atom. The van der Waals surface area contributed by atoms with Gasteiger partial charge in [0.2, 0.25) is 0 Å². The average Bonchev–Trinajstić information content (AvgIpc) is 3.02. The maximum Gasteiger partial charge on any atom is 0.00724 e. The van der Waals surface area contributed by atoms with Crippen LogP contribution in [-0.4, -0.2) is 12.6 Å². The number of rotatable bonds is 5. The monoisotopic (exact) mass is 249 g/mol. The molecule has 2 bridgehead atoms. The predicted molar refractivity (Wildman–Crippen MR) is 77.6 cm³/mol. The van der Waals surface area contributed by atoms with Gasteiger partial charge in [-0.2, -0.15) is 0 Å². The van der Waals surface area contributed by atoms with E-state index in [0.29, 0.717) is 5.41 Å². The van der Waals surface area contributed by atoms with E-state index in [1.807, 2.05) is 0 Å². The number of hydrogen-bond donors (Lipinski definition) is 1. The molecular weight excluding hydrogens is 218 g/mol. The number of hydrogen-bond acceptors (Lipinski definition) is 1. The Labute approximate surface area is 113 Å². The molecule has 0 heterocycles. The number of fused-ring (bicyclic) bond motifs is 2. The fraction of sp³-hybridized carbons (Fsp3) is 1.00. The third-order valence-electron chi connectivity index (χ3n) is 6.16. The maximum absolute atomic E-state index is 3.75. The Balaban J connectivity index is 1.50. The van der Waals surface area contributed by atoms with Crippen molar-refractivity contribution in [2.24, 2.45) is 23.2 Å². The van der Waals surface area contributed by atoms with Gasteiger partial charge in [-0.25, -0.2) is 0 Å². The van der Waals surface area contributed by atoms with Crippen molar-refractivity contribution in [3.63, 3.8) is 0 Å². The minimum Gasteiger partial charge on any atom is -0.314 e. The predicted octanol–water partition coefficient (Wildman–Crippen LogP) is 4.37. The lowest BCUT2D eigenvalue weighted by atomic mass is 9.74. The van der Waals surface area contributed by atoms with Crippen LogP contribution in [0.2, 0.25) is 0 Å². The summed E-state index contributed by atoms with van der Waals surface area (Å²) in [6.45, 7) is 6.07. The van der Waals surface area contributed by atoms with Crippen LogP contribution in [0.5, 0.6) is 0 Å². The van der Waals surface area contributed by atoms with Crippen molar-refractivity contribution < 1.29 is 0 Å². The molecular formula is C17H31N. The third kappa shape index (κ3) is 2.61. The zero-order chi connectivity index (χ0) is 12.6. The highest BCUT2D eigenvalue weighted by atomic mass is 14.9. The van der Waals surface area contributed by atoms with Crippen LogP contribution < -0.4 is 5.32 Å². The standard InChI is InChI=1S/C17H31N/c1-3-8-18-16-6-7-17(2,12-16)11-15-10-13-4-5-14(15)9-13/h13-16,18H,3-12H2,1-2H3. The first-order chi connectivity index (χ1) is 8.68. The highest BCUT2D eigenvalue weighted by Gasteiger charge is 2.44. The summed E-state index contributed by atoms with van der Waals surface area (Å²) in [5.41, 5.74) is 0.667. The van der Waals surface area contributed by atoms with Crippen LogP contribution in [0, 0.1) is 23.2 Å². The summed E-state index contributed by atoms with van der Waals surface area (Å²) < 4.78 is 0. The summed E-state index contributed by atoms with van der Waals surface area (Å²) in [5, 5.41) is 3.75. The van der Waals surface area contributed by atoms with Crippen molar-refractivity contribution in [2.45, 2.75) is 77.7 Å². The van der Waals surface area contributed by atoms with Gasteiger partial charge < -0.3 is 5.32 Å². The molecule has 5 unspecified atom stereocenters. The van der Waals surface area contributed by atoms with E-state index >= 15 is 0 Å². The lowest BCUT2D eigenvalue weighted by molar-refractivity contribution is 0.191. The van der Waals surface area contributed by atoms with Crippen molar-refractivity contribution in [3.8, 4) is 0 Å². The second kappa shape index (κ2) is 5.15. The molecule has 0 aromatic carbocycles. The van der Waals surface area contributed by atoms with Crippen LogP contribution in [0.15, 0.2) is 0 Å². The molecule has 0 aliphatic heterocycles. The summed E-state index contributed by atoms with van der Waals surface area (Å²) in [6, 6.07) is 0.827. The van der Waals surface area contributed by atoms with Gasteiger partial charge in [-0.15, -0.1) is 0 Å². The minimum absolute atomic E-state index is 0.667. The second-order valence-electron chi connectivity index (χ2n) is 7.84. The normalized spacial score (nSPS) is 47.0.